The van der Waals surface area contributed by atoms with Crippen molar-refractivity contribution in [1.82, 2.24) is 14.7 Å². The second-order valence-electron chi connectivity index (χ2n) is 7.47. The number of carbonyl (C=O) groups is 2. The Labute approximate surface area is 191 Å². The van der Waals surface area contributed by atoms with Crippen LogP contribution in [0.15, 0.2) is 66.9 Å². The Hall–Kier alpha value is -3.42. The molecule has 2 heterocycles. The van der Waals surface area contributed by atoms with Crippen LogP contribution < -0.4 is 5.73 Å². The van der Waals surface area contributed by atoms with Crippen LogP contribution in [0.5, 0.6) is 0 Å². The Morgan fingerprint density at radius 2 is 1.91 bits per heavy atom. The Morgan fingerprint density at radius 3 is 2.66 bits per heavy atom. The van der Waals surface area contributed by atoms with Crippen molar-refractivity contribution in [2.24, 2.45) is 5.73 Å². The van der Waals surface area contributed by atoms with Crippen molar-refractivity contribution in [1.29, 1.82) is 0 Å². The molecule has 0 aliphatic carbocycles. The first-order chi connectivity index (χ1) is 15.5. The lowest BCUT2D eigenvalue weighted by atomic mass is 10.1. The zero-order valence-corrected chi connectivity index (χ0v) is 18.1. The molecule has 0 spiro atoms. The first kappa shape index (κ1) is 21.8. The molecule has 7 nitrogen and oxygen atoms in total. The predicted octanol–water partition coefficient (Wildman–Crippen LogP) is 2.98. The second-order valence-corrected chi connectivity index (χ2v) is 7.87. The molecule has 2 N–H and O–H groups in total. The van der Waals surface area contributed by atoms with E-state index < -0.39 is 12.0 Å². The molecule has 2 amide bonds. The van der Waals surface area contributed by atoms with Gasteiger partial charge in [-0.1, -0.05) is 60.1 Å². The number of ether oxygens (including phenoxy) is 1. The van der Waals surface area contributed by atoms with Gasteiger partial charge in [-0.2, -0.15) is 5.10 Å². The van der Waals surface area contributed by atoms with E-state index >= 15 is 0 Å². The van der Waals surface area contributed by atoms with Gasteiger partial charge in [0.05, 0.1) is 25.4 Å². The molecule has 0 radical (unpaired) electrons. The van der Waals surface area contributed by atoms with Crippen molar-refractivity contribution in [3.63, 3.8) is 0 Å². The summed E-state index contributed by atoms with van der Waals surface area (Å²) in [4.78, 5) is 25.7. The van der Waals surface area contributed by atoms with Gasteiger partial charge in [0, 0.05) is 35.0 Å². The maximum Gasteiger partial charge on any atom is 0.248 e. The van der Waals surface area contributed by atoms with Crippen molar-refractivity contribution >= 4 is 29.5 Å². The van der Waals surface area contributed by atoms with Crippen LogP contribution in [0.25, 0.3) is 17.3 Å². The van der Waals surface area contributed by atoms with Gasteiger partial charge in [-0.15, -0.1) is 0 Å². The SMILES string of the molecule is NC(=O)C1CN(C(=O)/C=C/c2cn(Cc3ccccc3Cl)nc2-c2ccccc2)CCO1. The monoisotopic (exact) mass is 450 g/mol. The summed E-state index contributed by atoms with van der Waals surface area (Å²) in [6, 6.07) is 17.4. The highest BCUT2D eigenvalue weighted by Gasteiger charge is 2.26. The number of hydrogen-bond donors (Lipinski definition) is 1. The molecule has 1 saturated heterocycles. The first-order valence-electron chi connectivity index (χ1n) is 10.3. The third-order valence-corrected chi connectivity index (χ3v) is 5.60. The average molecular weight is 451 g/mol. The van der Waals surface area contributed by atoms with E-state index in [2.05, 4.69) is 0 Å². The molecule has 0 bridgehead atoms. The van der Waals surface area contributed by atoms with Gasteiger partial charge in [0.2, 0.25) is 11.8 Å². The van der Waals surface area contributed by atoms with Crippen molar-refractivity contribution in [3.05, 3.63) is 83.0 Å². The van der Waals surface area contributed by atoms with Crippen molar-refractivity contribution in [3.8, 4) is 11.3 Å². The molecule has 164 valence electrons. The van der Waals surface area contributed by atoms with Gasteiger partial charge < -0.3 is 15.4 Å². The number of primary amides is 1. The second kappa shape index (κ2) is 9.80. The fourth-order valence-electron chi connectivity index (χ4n) is 3.55. The zero-order chi connectivity index (χ0) is 22.5. The molecule has 3 aromatic rings. The number of nitrogens with zero attached hydrogens (tertiary/aromatic N) is 3. The Morgan fingerprint density at radius 1 is 1.16 bits per heavy atom. The van der Waals surface area contributed by atoms with E-state index in [1.807, 2.05) is 65.5 Å². The quantitative estimate of drug-likeness (QED) is 0.584. The summed E-state index contributed by atoms with van der Waals surface area (Å²) in [6.45, 7) is 1.34. The molecule has 0 saturated carbocycles. The van der Waals surface area contributed by atoms with E-state index in [1.54, 1.807) is 11.0 Å². The number of nitrogens with two attached hydrogens (primary N) is 1. The summed E-state index contributed by atoms with van der Waals surface area (Å²) in [5, 5.41) is 5.42. The van der Waals surface area contributed by atoms with Crippen molar-refractivity contribution in [2.75, 3.05) is 19.7 Å². The fraction of sp³-hybridized carbons (Fsp3) is 0.208. The molecule has 1 unspecified atom stereocenters. The highest BCUT2D eigenvalue weighted by Crippen LogP contribution is 2.24. The molecule has 2 aromatic carbocycles. The third-order valence-electron chi connectivity index (χ3n) is 5.23. The number of morpholine rings is 1. The lowest BCUT2D eigenvalue weighted by molar-refractivity contribution is -0.142. The van der Waals surface area contributed by atoms with E-state index in [0.29, 0.717) is 18.1 Å². The van der Waals surface area contributed by atoms with Crippen LogP contribution in [0.4, 0.5) is 0 Å². The standard InChI is InChI=1S/C24H23ClN4O3/c25-20-9-5-4-8-18(20)14-29-15-19(23(27-29)17-6-2-1-3-7-17)10-11-22(30)28-12-13-32-21(16-28)24(26)31/h1-11,15,21H,12-14,16H2,(H2,26,31)/b11-10+. The van der Waals surface area contributed by atoms with E-state index in [-0.39, 0.29) is 19.1 Å². The summed E-state index contributed by atoms with van der Waals surface area (Å²) in [5.41, 5.74) is 8.77. The summed E-state index contributed by atoms with van der Waals surface area (Å²) in [5.74, 6) is -0.781. The Kier molecular flexibility index (Phi) is 6.68. The summed E-state index contributed by atoms with van der Waals surface area (Å²) < 4.78 is 7.12. The molecule has 4 rings (SSSR count). The van der Waals surface area contributed by atoms with E-state index in [0.717, 1.165) is 22.4 Å². The number of hydrogen-bond acceptors (Lipinski definition) is 4. The summed E-state index contributed by atoms with van der Waals surface area (Å²) >= 11 is 6.31. The largest absolute Gasteiger partial charge is 0.367 e. The number of aromatic nitrogens is 2. The zero-order valence-electron chi connectivity index (χ0n) is 17.4. The highest BCUT2D eigenvalue weighted by atomic mass is 35.5. The van der Waals surface area contributed by atoms with Crippen LogP contribution in [0, 0.1) is 0 Å². The maximum atomic E-state index is 12.7. The molecule has 1 atom stereocenters. The van der Waals surface area contributed by atoms with E-state index in [9.17, 15) is 9.59 Å². The van der Waals surface area contributed by atoms with Crippen LogP contribution in [0.1, 0.15) is 11.1 Å². The minimum absolute atomic E-state index is 0.149. The van der Waals surface area contributed by atoms with Crippen LogP contribution in [-0.2, 0) is 20.9 Å². The molecule has 1 aliphatic rings. The average Bonchev–Trinajstić information content (AvgIpc) is 3.22. The Bertz CT molecular complexity index is 1140. The van der Waals surface area contributed by atoms with Crippen molar-refractivity contribution < 1.29 is 14.3 Å². The number of carbonyl (C=O) groups excluding carboxylic acids is 2. The fourth-order valence-corrected chi connectivity index (χ4v) is 3.74. The topological polar surface area (TPSA) is 90.5 Å². The third kappa shape index (κ3) is 5.07. The minimum atomic E-state index is -0.778. The summed E-state index contributed by atoms with van der Waals surface area (Å²) in [6.07, 6.45) is 4.35. The molecule has 8 heteroatoms. The number of halogens is 1. The van der Waals surface area contributed by atoms with Crippen LogP contribution >= 0.6 is 11.6 Å². The minimum Gasteiger partial charge on any atom is -0.367 e. The number of rotatable bonds is 6. The smallest absolute Gasteiger partial charge is 0.248 e. The van der Waals surface area contributed by atoms with E-state index in [1.165, 1.54) is 6.08 Å². The van der Waals surface area contributed by atoms with Gasteiger partial charge in [0.25, 0.3) is 0 Å². The predicted molar refractivity (Wildman–Crippen MR) is 123 cm³/mol. The normalized spacial score (nSPS) is 16.4. The van der Waals surface area contributed by atoms with Crippen LogP contribution in [0.3, 0.4) is 0 Å². The number of benzene rings is 2. The number of amides is 2. The molecule has 1 aromatic heterocycles. The molecular formula is C24H23ClN4O3. The van der Waals surface area contributed by atoms with Gasteiger partial charge in [-0.25, -0.2) is 0 Å². The molecular weight excluding hydrogens is 428 g/mol. The van der Waals surface area contributed by atoms with Gasteiger partial charge in [0.15, 0.2) is 6.10 Å². The maximum absolute atomic E-state index is 12.7. The van der Waals surface area contributed by atoms with Gasteiger partial charge >= 0.3 is 0 Å². The first-order valence-corrected chi connectivity index (χ1v) is 10.6. The van der Waals surface area contributed by atoms with Crippen LogP contribution in [-0.4, -0.2) is 52.3 Å². The lowest BCUT2D eigenvalue weighted by Gasteiger charge is -2.30. The van der Waals surface area contributed by atoms with Gasteiger partial charge in [0.1, 0.15) is 0 Å². The van der Waals surface area contributed by atoms with Gasteiger partial charge in [-0.3, -0.25) is 14.3 Å². The van der Waals surface area contributed by atoms with Gasteiger partial charge in [-0.05, 0) is 17.7 Å². The van der Waals surface area contributed by atoms with E-state index in [4.69, 9.17) is 27.2 Å². The molecule has 1 aliphatic heterocycles. The lowest BCUT2D eigenvalue weighted by Crippen LogP contribution is -2.50. The van der Waals surface area contributed by atoms with Crippen LogP contribution in [0.2, 0.25) is 5.02 Å². The molecule has 1 fully saturated rings. The van der Waals surface area contributed by atoms with Crippen molar-refractivity contribution in [2.45, 2.75) is 12.6 Å². The summed E-state index contributed by atoms with van der Waals surface area (Å²) in [7, 11) is 0. The molecule has 32 heavy (non-hydrogen) atoms. The Balaban J connectivity index is 1.59. The highest BCUT2D eigenvalue weighted by molar-refractivity contribution is 6.31.